The van der Waals surface area contributed by atoms with Crippen molar-refractivity contribution in [2.45, 2.75) is 39.8 Å². The molecule has 112 valence electrons. The van der Waals surface area contributed by atoms with Gasteiger partial charge in [-0.05, 0) is 41.2 Å². The molecule has 3 heteroatoms. The topological polar surface area (TPSA) is 24.9 Å². The maximum Gasteiger partial charge on any atom is 0.129 e. The van der Waals surface area contributed by atoms with E-state index in [1.54, 1.807) is 6.20 Å². The number of hydrogen-bond donors (Lipinski definition) is 1. The Kier molecular flexibility index (Phi) is 5.77. The summed E-state index contributed by atoms with van der Waals surface area (Å²) in [5.41, 5.74) is 3.87. The van der Waals surface area contributed by atoms with Gasteiger partial charge in [-0.15, -0.1) is 0 Å². The van der Waals surface area contributed by atoms with E-state index in [-0.39, 0.29) is 0 Å². The van der Waals surface area contributed by atoms with Crippen molar-refractivity contribution >= 4 is 11.6 Å². The normalized spacial score (nSPS) is 12.6. The summed E-state index contributed by atoms with van der Waals surface area (Å²) in [5, 5.41) is 4.17. The van der Waals surface area contributed by atoms with Gasteiger partial charge in [-0.25, -0.2) is 4.98 Å². The molecule has 0 saturated carbocycles. The Hall–Kier alpha value is -1.38. The maximum absolute atomic E-state index is 5.93. The predicted octanol–water partition coefficient (Wildman–Crippen LogP) is 4.78. The number of benzene rings is 1. The van der Waals surface area contributed by atoms with E-state index < -0.39 is 0 Å². The zero-order valence-corrected chi connectivity index (χ0v) is 13.7. The maximum atomic E-state index is 5.93. The Balaban J connectivity index is 2.08. The lowest BCUT2D eigenvalue weighted by atomic mass is 9.94. The standard InChI is InChI=1S/C18H23ClN2/c1-4-14-5-7-16(8-6-14)18(13(2)3)21-12-15-9-10-20-17(19)11-15/h5-11,13,18,21H,4,12H2,1-3H3. The van der Waals surface area contributed by atoms with Gasteiger partial charge in [0.1, 0.15) is 5.15 Å². The van der Waals surface area contributed by atoms with Gasteiger partial charge < -0.3 is 5.32 Å². The molecule has 0 fully saturated rings. The lowest BCUT2D eigenvalue weighted by Gasteiger charge is -2.23. The lowest BCUT2D eigenvalue weighted by molar-refractivity contribution is 0.410. The Bertz CT molecular complexity index is 564. The Morgan fingerprint density at radius 3 is 2.38 bits per heavy atom. The number of nitrogens with one attached hydrogen (secondary N) is 1. The van der Waals surface area contributed by atoms with Crippen molar-refractivity contribution in [3.05, 3.63) is 64.4 Å². The lowest BCUT2D eigenvalue weighted by Crippen LogP contribution is -2.25. The number of hydrogen-bond acceptors (Lipinski definition) is 2. The average Bonchev–Trinajstić information content (AvgIpc) is 2.48. The molecule has 21 heavy (non-hydrogen) atoms. The summed E-state index contributed by atoms with van der Waals surface area (Å²) >= 11 is 5.93. The number of rotatable bonds is 6. The molecule has 0 aliphatic rings. The molecule has 0 radical (unpaired) electrons. The Labute approximate surface area is 132 Å². The van der Waals surface area contributed by atoms with Crippen LogP contribution in [0.15, 0.2) is 42.6 Å². The van der Waals surface area contributed by atoms with Gasteiger partial charge >= 0.3 is 0 Å². The first-order valence-electron chi connectivity index (χ1n) is 7.52. The molecule has 1 atom stereocenters. The summed E-state index contributed by atoms with van der Waals surface area (Å²) in [6.07, 6.45) is 2.83. The van der Waals surface area contributed by atoms with Gasteiger partial charge in [-0.3, -0.25) is 0 Å². The van der Waals surface area contributed by atoms with Crippen LogP contribution in [-0.2, 0) is 13.0 Å². The minimum absolute atomic E-state index is 0.336. The van der Waals surface area contributed by atoms with Crippen molar-refractivity contribution < 1.29 is 0 Å². The Morgan fingerprint density at radius 2 is 1.81 bits per heavy atom. The van der Waals surface area contributed by atoms with E-state index in [0.29, 0.717) is 17.1 Å². The van der Waals surface area contributed by atoms with Crippen LogP contribution in [0.1, 0.15) is 43.5 Å². The summed E-state index contributed by atoms with van der Waals surface area (Å²) in [5.74, 6) is 0.523. The molecule has 0 aliphatic heterocycles. The fourth-order valence-electron chi connectivity index (χ4n) is 2.48. The van der Waals surface area contributed by atoms with Crippen LogP contribution in [-0.4, -0.2) is 4.98 Å². The largest absolute Gasteiger partial charge is 0.306 e. The third kappa shape index (κ3) is 4.55. The molecule has 1 N–H and O–H groups in total. The molecule has 1 heterocycles. The van der Waals surface area contributed by atoms with Crippen molar-refractivity contribution in [3.63, 3.8) is 0 Å². The smallest absolute Gasteiger partial charge is 0.129 e. The summed E-state index contributed by atoms with van der Waals surface area (Å²) in [6.45, 7) is 7.46. The predicted molar refractivity (Wildman–Crippen MR) is 89.5 cm³/mol. The van der Waals surface area contributed by atoms with Crippen molar-refractivity contribution in [1.29, 1.82) is 0 Å². The molecular formula is C18H23ClN2. The van der Waals surface area contributed by atoms with Gasteiger partial charge in [0.2, 0.25) is 0 Å². The second kappa shape index (κ2) is 7.58. The van der Waals surface area contributed by atoms with Crippen LogP contribution in [0, 0.1) is 5.92 Å². The number of halogens is 1. The van der Waals surface area contributed by atoms with Crippen LogP contribution in [0.2, 0.25) is 5.15 Å². The molecule has 1 unspecified atom stereocenters. The first-order valence-corrected chi connectivity index (χ1v) is 7.90. The molecular weight excluding hydrogens is 280 g/mol. The molecule has 0 amide bonds. The van der Waals surface area contributed by atoms with E-state index >= 15 is 0 Å². The third-order valence-electron chi connectivity index (χ3n) is 3.73. The summed E-state index contributed by atoms with van der Waals surface area (Å²) in [6, 6.07) is 13.1. The first kappa shape index (κ1) is 16.0. The van der Waals surface area contributed by atoms with Gasteiger partial charge in [0.25, 0.3) is 0 Å². The van der Waals surface area contributed by atoms with Crippen molar-refractivity contribution in [3.8, 4) is 0 Å². The summed E-state index contributed by atoms with van der Waals surface area (Å²) in [4.78, 5) is 4.02. The number of nitrogens with zero attached hydrogens (tertiary/aromatic N) is 1. The van der Waals surface area contributed by atoms with E-state index in [4.69, 9.17) is 11.6 Å². The van der Waals surface area contributed by atoms with E-state index in [2.05, 4.69) is 55.3 Å². The average molecular weight is 303 g/mol. The highest BCUT2D eigenvalue weighted by Gasteiger charge is 2.15. The number of aryl methyl sites for hydroxylation is 1. The minimum atomic E-state index is 0.336. The van der Waals surface area contributed by atoms with Gasteiger partial charge in [-0.1, -0.05) is 56.6 Å². The molecule has 0 spiro atoms. The van der Waals surface area contributed by atoms with Gasteiger partial charge in [0.15, 0.2) is 0 Å². The van der Waals surface area contributed by atoms with E-state index in [0.717, 1.165) is 18.5 Å². The van der Waals surface area contributed by atoms with Crippen LogP contribution in [0.5, 0.6) is 0 Å². The molecule has 0 aliphatic carbocycles. The number of aromatic nitrogens is 1. The molecule has 2 rings (SSSR count). The highest BCUT2D eigenvalue weighted by Crippen LogP contribution is 2.23. The molecule has 0 bridgehead atoms. The zero-order chi connectivity index (χ0) is 15.2. The highest BCUT2D eigenvalue weighted by atomic mass is 35.5. The van der Waals surface area contributed by atoms with Crippen molar-refractivity contribution in [2.24, 2.45) is 5.92 Å². The monoisotopic (exact) mass is 302 g/mol. The highest BCUT2D eigenvalue weighted by molar-refractivity contribution is 6.29. The minimum Gasteiger partial charge on any atom is -0.306 e. The quantitative estimate of drug-likeness (QED) is 0.776. The molecule has 1 aromatic heterocycles. The van der Waals surface area contributed by atoms with Crippen LogP contribution >= 0.6 is 11.6 Å². The fourth-order valence-corrected chi connectivity index (χ4v) is 2.68. The summed E-state index contributed by atoms with van der Waals surface area (Å²) < 4.78 is 0. The van der Waals surface area contributed by atoms with Crippen molar-refractivity contribution in [2.75, 3.05) is 0 Å². The Morgan fingerprint density at radius 1 is 1.10 bits per heavy atom. The van der Waals surface area contributed by atoms with Crippen molar-refractivity contribution in [1.82, 2.24) is 10.3 Å². The first-order chi connectivity index (χ1) is 10.1. The van der Waals surface area contributed by atoms with E-state index in [1.165, 1.54) is 11.1 Å². The summed E-state index contributed by atoms with van der Waals surface area (Å²) in [7, 11) is 0. The molecule has 2 nitrogen and oxygen atoms in total. The third-order valence-corrected chi connectivity index (χ3v) is 3.94. The van der Waals surface area contributed by atoms with Gasteiger partial charge in [-0.2, -0.15) is 0 Å². The van der Waals surface area contributed by atoms with Crippen LogP contribution in [0.25, 0.3) is 0 Å². The zero-order valence-electron chi connectivity index (χ0n) is 12.9. The fraction of sp³-hybridized carbons (Fsp3) is 0.389. The second-order valence-corrected chi connectivity index (χ2v) is 6.07. The van der Waals surface area contributed by atoms with Gasteiger partial charge in [0.05, 0.1) is 0 Å². The van der Waals surface area contributed by atoms with E-state index in [1.807, 2.05) is 12.1 Å². The van der Waals surface area contributed by atoms with Crippen LogP contribution < -0.4 is 5.32 Å². The number of pyridine rings is 1. The molecule has 2 aromatic rings. The van der Waals surface area contributed by atoms with Crippen LogP contribution in [0.3, 0.4) is 0 Å². The van der Waals surface area contributed by atoms with Gasteiger partial charge in [0, 0.05) is 18.8 Å². The molecule has 1 aromatic carbocycles. The van der Waals surface area contributed by atoms with E-state index in [9.17, 15) is 0 Å². The second-order valence-electron chi connectivity index (χ2n) is 5.68. The SMILES string of the molecule is CCc1ccc(C(NCc2ccnc(Cl)c2)C(C)C)cc1. The van der Waals surface area contributed by atoms with Crippen LogP contribution in [0.4, 0.5) is 0 Å². The molecule has 0 saturated heterocycles.